The number of ketones is 2. The van der Waals surface area contributed by atoms with Crippen molar-refractivity contribution in [1.82, 2.24) is 0 Å². The molecule has 0 saturated carbocycles. The van der Waals surface area contributed by atoms with Crippen molar-refractivity contribution in [3.05, 3.63) is 131 Å². The fraction of sp³-hybridized carbons (Fsp3) is 0.250. The third-order valence-electron chi connectivity index (χ3n) is 8.69. The molecule has 222 valence electrons. The van der Waals surface area contributed by atoms with Gasteiger partial charge in [0.2, 0.25) is 0 Å². The maximum atomic E-state index is 14.0. The largest absolute Gasteiger partial charge is 0.355 e. The Balaban J connectivity index is 1.24. The Morgan fingerprint density at radius 2 is 1.07 bits per heavy atom. The molecule has 0 aromatic heterocycles. The Labute approximate surface area is 260 Å². The molecule has 1 aliphatic rings. The van der Waals surface area contributed by atoms with Crippen LogP contribution < -0.4 is 10.6 Å². The summed E-state index contributed by atoms with van der Waals surface area (Å²) in [5, 5.41) is 9.11. The van der Waals surface area contributed by atoms with E-state index in [2.05, 4.69) is 60.0 Å². The van der Waals surface area contributed by atoms with E-state index in [1.807, 2.05) is 48.5 Å². The fourth-order valence-electron chi connectivity index (χ4n) is 6.28. The first-order valence-corrected chi connectivity index (χ1v) is 16.1. The first-order valence-electron chi connectivity index (χ1n) is 16.1. The van der Waals surface area contributed by atoms with Gasteiger partial charge in [-0.2, -0.15) is 0 Å². The van der Waals surface area contributed by atoms with Crippen molar-refractivity contribution in [1.29, 1.82) is 0 Å². The average Bonchev–Trinajstić information content (AvgIpc) is 3.06. The Kier molecular flexibility index (Phi) is 9.17. The summed E-state index contributed by atoms with van der Waals surface area (Å²) in [5.74, 6) is -0.298. The molecule has 0 aliphatic heterocycles. The SMILES string of the molecule is CCCCCCCCCCc1ccc(Nc2ccc(Nc3cccc4ccccc34)c3c2C(=O)c2ccccc2C3=O)cc1. The van der Waals surface area contributed by atoms with Crippen LogP contribution in [0.1, 0.15) is 95.7 Å². The summed E-state index contributed by atoms with van der Waals surface area (Å²) in [6, 6.07) is 33.6. The summed E-state index contributed by atoms with van der Waals surface area (Å²) < 4.78 is 0. The first-order chi connectivity index (χ1) is 21.6. The third kappa shape index (κ3) is 6.30. The molecule has 0 spiro atoms. The molecule has 4 nitrogen and oxygen atoms in total. The Morgan fingerprint density at radius 3 is 1.75 bits per heavy atom. The standard InChI is InChI=1S/C40H40N2O2/c1-2-3-4-5-6-7-8-9-15-28-22-24-30(25-23-28)41-35-26-27-36(42-34-21-14-17-29-16-10-11-18-31(29)34)38-37(35)39(43)32-19-12-13-20-33(32)40(38)44/h10-14,16-27,41-42H,2-9,15H2,1H3. The van der Waals surface area contributed by atoms with Crippen molar-refractivity contribution in [3.63, 3.8) is 0 Å². The number of carbonyl (C=O) groups excluding carboxylic acids is 2. The predicted molar refractivity (Wildman–Crippen MR) is 183 cm³/mol. The van der Waals surface area contributed by atoms with E-state index in [0.717, 1.165) is 28.6 Å². The second-order valence-corrected chi connectivity index (χ2v) is 11.8. The summed E-state index contributed by atoms with van der Waals surface area (Å²) in [7, 11) is 0. The molecule has 44 heavy (non-hydrogen) atoms. The van der Waals surface area contributed by atoms with Gasteiger partial charge < -0.3 is 10.6 Å². The van der Waals surface area contributed by atoms with Gasteiger partial charge in [-0.1, -0.05) is 125 Å². The Hall–Kier alpha value is -4.70. The number of aryl methyl sites for hydroxylation is 1. The Bertz CT molecular complexity index is 1780. The molecule has 0 fully saturated rings. The van der Waals surface area contributed by atoms with Crippen LogP contribution in [-0.2, 0) is 6.42 Å². The highest BCUT2D eigenvalue weighted by Gasteiger charge is 2.34. The van der Waals surface area contributed by atoms with Gasteiger partial charge in [-0.3, -0.25) is 9.59 Å². The summed E-state index contributed by atoms with van der Waals surface area (Å²) in [5.41, 5.74) is 6.03. The predicted octanol–water partition coefficient (Wildman–Crippen LogP) is 10.8. The lowest BCUT2D eigenvalue weighted by atomic mass is 9.82. The van der Waals surface area contributed by atoms with Crippen LogP contribution in [0.15, 0.2) is 103 Å². The number of anilines is 4. The van der Waals surface area contributed by atoms with Crippen LogP contribution in [-0.4, -0.2) is 11.6 Å². The molecular formula is C40H40N2O2. The minimum absolute atomic E-state index is 0.148. The zero-order valence-corrected chi connectivity index (χ0v) is 25.5. The van der Waals surface area contributed by atoms with Gasteiger partial charge in [0.25, 0.3) is 0 Å². The fourth-order valence-corrected chi connectivity index (χ4v) is 6.28. The molecule has 0 atom stereocenters. The van der Waals surface area contributed by atoms with Crippen molar-refractivity contribution in [2.24, 2.45) is 0 Å². The highest BCUT2D eigenvalue weighted by molar-refractivity contribution is 6.32. The minimum Gasteiger partial charge on any atom is -0.355 e. The van der Waals surface area contributed by atoms with Crippen molar-refractivity contribution < 1.29 is 9.59 Å². The number of rotatable bonds is 13. The smallest absolute Gasteiger partial charge is 0.196 e. The summed E-state index contributed by atoms with van der Waals surface area (Å²) in [6.45, 7) is 2.26. The van der Waals surface area contributed by atoms with Gasteiger partial charge in [-0.15, -0.1) is 0 Å². The van der Waals surface area contributed by atoms with Crippen LogP contribution in [0.5, 0.6) is 0 Å². The van der Waals surface area contributed by atoms with Crippen LogP contribution in [0, 0.1) is 0 Å². The second kappa shape index (κ2) is 13.7. The van der Waals surface area contributed by atoms with Crippen molar-refractivity contribution >= 4 is 45.1 Å². The average molecular weight is 581 g/mol. The number of nitrogens with one attached hydrogen (secondary N) is 2. The van der Waals surface area contributed by atoms with Crippen molar-refractivity contribution in [3.8, 4) is 0 Å². The van der Waals surface area contributed by atoms with Gasteiger partial charge in [-0.05, 0) is 54.1 Å². The highest BCUT2D eigenvalue weighted by Crippen LogP contribution is 2.39. The second-order valence-electron chi connectivity index (χ2n) is 11.8. The molecule has 0 radical (unpaired) electrons. The van der Waals surface area contributed by atoms with Gasteiger partial charge in [0.05, 0.1) is 22.5 Å². The van der Waals surface area contributed by atoms with E-state index in [4.69, 9.17) is 0 Å². The molecule has 6 rings (SSSR count). The molecular weight excluding hydrogens is 540 g/mol. The van der Waals surface area contributed by atoms with Gasteiger partial charge in [0.1, 0.15) is 0 Å². The molecule has 0 unspecified atom stereocenters. The number of fused-ring (bicyclic) bond motifs is 3. The van der Waals surface area contributed by atoms with Gasteiger partial charge in [-0.25, -0.2) is 0 Å². The zero-order valence-electron chi connectivity index (χ0n) is 25.5. The lowest BCUT2D eigenvalue weighted by Gasteiger charge is -2.24. The number of benzene rings is 5. The molecule has 0 bridgehead atoms. The third-order valence-corrected chi connectivity index (χ3v) is 8.69. The van der Waals surface area contributed by atoms with Gasteiger partial charge in [0, 0.05) is 27.9 Å². The van der Waals surface area contributed by atoms with E-state index in [1.54, 1.807) is 12.1 Å². The van der Waals surface area contributed by atoms with Crippen molar-refractivity contribution in [2.75, 3.05) is 10.6 Å². The number of unbranched alkanes of at least 4 members (excludes halogenated alkanes) is 7. The molecule has 0 heterocycles. The molecule has 0 amide bonds. The Morgan fingerprint density at radius 1 is 0.500 bits per heavy atom. The highest BCUT2D eigenvalue weighted by atomic mass is 16.1. The van der Waals surface area contributed by atoms with Crippen LogP contribution in [0.2, 0.25) is 0 Å². The molecule has 5 aromatic carbocycles. The monoisotopic (exact) mass is 580 g/mol. The maximum Gasteiger partial charge on any atom is 0.196 e. The number of hydrogen-bond donors (Lipinski definition) is 2. The van der Waals surface area contributed by atoms with Crippen LogP contribution in [0.4, 0.5) is 22.7 Å². The van der Waals surface area contributed by atoms with Crippen LogP contribution >= 0.6 is 0 Å². The summed E-state index contributed by atoms with van der Waals surface area (Å²) in [6.07, 6.45) is 11.6. The molecule has 5 aromatic rings. The molecule has 4 heteroatoms. The summed E-state index contributed by atoms with van der Waals surface area (Å²) in [4.78, 5) is 27.9. The molecule has 2 N–H and O–H groups in total. The lowest BCUT2D eigenvalue weighted by molar-refractivity contribution is 0.0980. The number of carbonyl (C=O) groups is 2. The topological polar surface area (TPSA) is 58.2 Å². The zero-order chi connectivity index (χ0) is 30.3. The van der Waals surface area contributed by atoms with E-state index in [-0.39, 0.29) is 11.6 Å². The first kappa shape index (κ1) is 29.4. The maximum absolute atomic E-state index is 14.0. The number of hydrogen-bond acceptors (Lipinski definition) is 4. The van der Waals surface area contributed by atoms with Crippen molar-refractivity contribution in [2.45, 2.75) is 64.7 Å². The quantitative estimate of drug-likeness (QED) is 0.133. The van der Waals surface area contributed by atoms with E-state index in [0.29, 0.717) is 33.6 Å². The van der Waals surface area contributed by atoms with E-state index >= 15 is 0 Å². The van der Waals surface area contributed by atoms with E-state index in [9.17, 15) is 9.59 Å². The van der Waals surface area contributed by atoms with Gasteiger partial charge in [0.15, 0.2) is 11.6 Å². The molecule has 0 saturated heterocycles. The lowest BCUT2D eigenvalue weighted by Crippen LogP contribution is -2.23. The van der Waals surface area contributed by atoms with Crippen LogP contribution in [0.25, 0.3) is 10.8 Å². The minimum atomic E-state index is -0.151. The van der Waals surface area contributed by atoms with E-state index < -0.39 is 0 Å². The summed E-state index contributed by atoms with van der Waals surface area (Å²) >= 11 is 0. The van der Waals surface area contributed by atoms with Gasteiger partial charge >= 0.3 is 0 Å². The molecule has 1 aliphatic carbocycles. The normalized spacial score (nSPS) is 12.2. The van der Waals surface area contributed by atoms with Crippen LogP contribution in [0.3, 0.4) is 0 Å². The van der Waals surface area contributed by atoms with E-state index in [1.165, 1.54) is 56.9 Å².